The Hall–Kier alpha value is -1.17. The molecule has 0 aromatic carbocycles. The van der Waals surface area contributed by atoms with E-state index >= 15 is 0 Å². The lowest BCUT2D eigenvalue weighted by molar-refractivity contribution is 0.592. The van der Waals surface area contributed by atoms with Crippen LogP contribution in [0.1, 0.15) is 25.4 Å². The Morgan fingerprint density at radius 1 is 1.39 bits per heavy atom. The van der Waals surface area contributed by atoms with Gasteiger partial charge < -0.3 is 4.90 Å². The average Bonchev–Trinajstić information content (AvgIpc) is 2.24. The number of sulfone groups is 1. The quantitative estimate of drug-likeness (QED) is 0.805. The van der Waals surface area contributed by atoms with Crippen LogP contribution in [0.15, 0.2) is 6.07 Å². The summed E-state index contributed by atoms with van der Waals surface area (Å²) in [4.78, 5) is 10.5. The molecule has 18 heavy (non-hydrogen) atoms. The summed E-state index contributed by atoms with van der Waals surface area (Å²) >= 11 is 0. The van der Waals surface area contributed by atoms with E-state index in [9.17, 15) is 8.42 Å². The molecule has 0 radical (unpaired) electrons. The van der Waals surface area contributed by atoms with Crippen molar-refractivity contribution in [3.63, 3.8) is 0 Å². The summed E-state index contributed by atoms with van der Waals surface area (Å²) in [5.74, 6) is 1.60. The van der Waals surface area contributed by atoms with Crippen molar-refractivity contribution in [3.05, 3.63) is 17.6 Å². The first-order valence-corrected chi connectivity index (χ1v) is 8.04. The third-order valence-corrected chi connectivity index (χ3v) is 3.89. The Bertz CT molecular complexity index is 514. The van der Waals surface area contributed by atoms with E-state index in [2.05, 4.69) is 9.97 Å². The van der Waals surface area contributed by atoms with Crippen LogP contribution >= 0.6 is 0 Å². The zero-order valence-corrected chi connectivity index (χ0v) is 12.5. The minimum atomic E-state index is -2.99. The second-order valence-corrected chi connectivity index (χ2v) is 6.86. The van der Waals surface area contributed by atoms with Crippen molar-refractivity contribution in [2.24, 2.45) is 0 Å². The molecule has 1 atom stereocenters. The van der Waals surface area contributed by atoms with Crippen molar-refractivity contribution in [2.75, 3.05) is 24.0 Å². The molecule has 1 aromatic rings. The minimum absolute atomic E-state index is 0.112. The maximum atomic E-state index is 11.3. The zero-order valence-electron chi connectivity index (χ0n) is 11.6. The molecule has 1 aromatic heterocycles. The van der Waals surface area contributed by atoms with E-state index in [4.69, 9.17) is 0 Å². The van der Waals surface area contributed by atoms with E-state index in [1.165, 1.54) is 6.26 Å². The van der Waals surface area contributed by atoms with E-state index < -0.39 is 9.84 Å². The second-order valence-electron chi connectivity index (χ2n) is 4.67. The van der Waals surface area contributed by atoms with Crippen molar-refractivity contribution < 1.29 is 8.42 Å². The molecule has 1 rings (SSSR count). The van der Waals surface area contributed by atoms with Crippen LogP contribution in [0.25, 0.3) is 0 Å². The molecule has 102 valence electrons. The van der Waals surface area contributed by atoms with Crippen LogP contribution in [0.4, 0.5) is 5.82 Å². The van der Waals surface area contributed by atoms with Gasteiger partial charge in [-0.1, -0.05) is 6.92 Å². The number of hydrogen-bond acceptors (Lipinski definition) is 5. The van der Waals surface area contributed by atoms with E-state index in [1.54, 1.807) is 0 Å². The van der Waals surface area contributed by atoms with Crippen LogP contribution in [0.3, 0.4) is 0 Å². The maximum absolute atomic E-state index is 11.3. The van der Waals surface area contributed by atoms with Crippen molar-refractivity contribution in [1.82, 2.24) is 9.97 Å². The van der Waals surface area contributed by atoms with E-state index in [1.807, 2.05) is 38.8 Å². The lowest BCUT2D eigenvalue weighted by Crippen LogP contribution is -2.35. The third-order valence-electron chi connectivity index (χ3n) is 2.81. The average molecular weight is 271 g/mol. The minimum Gasteiger partial charge on any atom is -0.356 e. The Morgan fingerprint density at radius 3 is 2.50 bits per heavy atom. The third kappa shape index (κ3) is 4.25. The van der Waals surface area contributed by atoms with Gasteiger partial charge in [-0.3, -0.25) is 0 Å². The first-order chi connectivity index (χ1) is 8.23. The van der Waals surface area contributed by atoms with E-state index in [0.717, 1.165) is 17.9 Å². The van der Waals surface area contributed by atoms with E-state index in [-0.39, 0.29) is 11.8 Å². The largest absolute Gasteiger partial charge is 0.356 e. The predicted molar refractivity (Wildman–Crippen MR) is 73.7 cm³/mol. The fraction of sp³-hybridized carbons (Fsp3) is 0.667. The van der Waals surface area contributed by atoms with Crippen molar-refractivity contribution in [1.29, 1.82) is 0 Å². The molecule has 5 nitrogen and oxygen atoms in total. The lowest BCUT2D eigenvalue weighted by Gasteiger charge is -2.25. The maximum Gasteiger partial charge on any atom is 0.149 e. The molecule has 0 saturated carbocycles. The fourth-order valence-electron chi connectivity index (χ4n) is 1.75. The van der Waals surface area contributed by atoms with Gasteiger partial charge in [0, 0.05) is 31.1 Å². The first-order valence-electron chi connectivity index (χ1n) is 5.98. The molecule has 0 N–H and O–H groups in total. The smallest absolute Gasteiger partial charge is 0.149 e. The fourth-order valence-corrected chi connectivity index (χ4v) is 2.85. The summed E-state index contributed by atoms with van der Waals surface area (Å²) in [5, 5.41) is 0. The SMILES string of the molecule is CCc1cc(N(C)C(C)CS(C)(=O)=O)nc(C)n1. The van der Waals surface area contributed by atoms with Crippen LogP contribution in [-0.2, 0) is 16.3 Å². The summed E-state index contributed by atoms with van der Waals surface area (Å²) in [6.07, 6.45) is 2.09. The van der Waals surface area contributed by atoms with Crippen molar-refractivity contribution in [2.45, 2.75) is 33.2 Å². The number of nitrogens with zero attached hydrogens (tertiary/aromatic N) is 3. The normalized spacial score (nSPS) is 13.4. The molecule has 6 heteroatoms. The monoisotopic (exact) mass is 271 g/mol. The number of aryl methyl sites for hydroxylation is 2. The summed E-state index contributed by atoms with van der Waals surface area (Å²) in [5.41, 5.74) is 0.968. The summed E-state index contributed by atoms with van der Waals surface area (Å²) in [6.45, 7) is 5.76. The van der Waals surface area contributed by atoms with Crippen molar-refractivity contribution >= 4 is 15.7 Å². The van der Waals surface area contributed by atoms with Gasteiger partial charge >= 0.3 is 0 Å². The van der Waals surface area contributed by atoms with Gasteiger partial charge in [-0.2, -0.15) is 0 Å². The molecular formula is C12H21N3O2S. The number of aromatic nitrogens is 2. The van der Waals surface area contributed by atoms with Gasteiger partial charge in [0.15, 0.2) is 0 Å². The van der Waals surface area contributed by atoms with Crippen LogP contribution in [0.2, 0.25) is 0 Å². The molecule has 1 heterocycles. The van der Waals surface area contributed by atoms with Gasteiger partial charge in [-0.15, -0.1) is 0 Å². The predicted octanol–water partition coefficient (Wildman–Crippen LogP) is 1.22. The number of rotatable bonds is 5. The van der Waals surface area contributed by atoms with Gasteiger partial charge in [0.1, 0.15) is 21.5 Å². The Kier molecular flexibility index (Phi) is 4.67. The summed E-state index contributed by atoms with van der Waals surface area (Å²) in [7, 11) is -1.13. The molecule has 0 aliphatic rings. The Morgan fingerprint density at radius 2 is 2.00 bits per heavy atom. The molecule has 0 saturated heterocycles. The highest BCUT2D eigenvalue weighted by molar-refractivity contribution is 7.90. The molecule has 0 bridgehead atoms. The van der Waals surface area contributed by atoms with Gasteiger partial charge in [0.25, 0.3) is 0 Å². The van der Waals surface area contributed by atoms with Crippen LogP contribution in [0.5, 0.6) is 0 Å². The molecule has 0 spiro atoms. The van der Waals surface area contributed by atoms with Crippen molar-refractivity contribution in [3.8, 4) is 0 Å². The molecule has 0 aliphatic heterocycles. The highest BCUT2D eigenvalue weighted by atomic mass is 32.2. The molecule has 0 amide bonds. The van der Waals surface area contributed by atoms with Crippen LogP contribution in [-0.4, -0.2) is 43.5 Å². The van der Waals surface area contributed by atoms with Crippen LogP contribution < -0.4 is 4.90 Å². The van der Waals surface area contributed by atoms with Crippen LogP contribution in [0, 0.1) is 6.92 Å². The molecule has 1 unspecified atom stereocenters. The van der Waals surface area contributed by atoms with E-state index in [0.29, 0.717) is 5.82 Å². The Balaban J connectivity index is 2.96. The second kappa shape index (κ2) is 5.65. The topological polar surface area (TPSA) is 63.2 Å². The molecule has 0 aliphatic carbocycles. The standard InChI is InChI=1S/C12H21N3O2S/c1-6-11-7-12(14-10(3)13-11)15(4)9(2)8-18(5,16)17/h7,9H,6,8H2,1-5H3. The Labute approximate surface area is 109 Å². The van der Waals surface area contributed by atoms with Gasteiger partial charge in [0.05, 0.1) is 5.75 Å². The first kappa shape index (κ1) is 14.9. The lowest BCUT2D eigenvalue weighted by atomic mass is 10.3. The highest BCUT2D eigenvalue weighted by Crippen LogP contribution is 2.15. The number of hydrogen-bond donors (Lipinski definition) is 0. The van der Waals surface area contributed by atoms with Gasteiger partial charge in [-0.05, 0) is 20.3 Å². The molecular weight excluding hydrogens is 250 g/mol. The van der Waals surface area contributed by atoms with Gasteiger partial charge in [-0.25, -0.2) is 18.4 Å². The summed E-state index contributed by atoms with van der Waals surface area (Å²) in [6, 6.07) is 1.80. The summed E-state index contributed by atoms with van der Waals surface area (Å²) < 4.78 is 22.6. The van der Waals surface area contributed by atoms with Gasteiger partial charge in [0.2, 0.25) is 0 Å². The molecule has 0 fully saturated rings. The highest BCUT2D eigenvalue weighted by Gasteiger charge is 2.17. The zero-order chi connectivity index (χ0) is 13.9. The number of anilines is 1.